The quantitative estimate of drug-likeness (QED) is 0.890. The summed E-state index contributed by atoms with van der Waals surface area (Å²) in [5.41, 5.74) is 1.67. The molecule has 2 atom stereocenters. The molecule has 3 amide bonds. The van der Waals surface area contributed by atoms with E-state index in [0.29, 0.717) is 6.54 Å². The van der Waals surface area contributed by atoms with Crippen LogP contribution in [-0.2, 0) is 11.3 Å². The summed E-state index contributed by atoms with van der Waals surface area (Å²) >= 11 is 0. The van der Waals surface area contributed by atoms with Crippen molar-refractivity contribution in [3.63, 3.8) is 0 Å². The Morgan fingerprint density at radius 2 is 2.17 bits per heavy atom. The Kier molecular flexibility index (Phi) is 5.60. The Morgan fingerprint density at radius 3 is 2.83 bits per heavy atom. The molecule has 0 spiro atoms. The van der Waals surface area contributed by atoms with E-state index < -0.39 is 6.04 Å². The molecule has 2 rings (SSSR count). The molecule has 23 heavy (non-hydrogen) atoms. The topological polar surface area (TPSA) is 72.9 Å². The van der Waals surface area contributed by atoms with Gasteiger partial charge in [0.25, 0.3) is 0 Å². The molecule has 0 unspecified atom stereocenters. The zero-order valence-corrected chi connectivity index (χ0v) is 14.0. The zero-order chi connectivity index (χ0) is 17.0. The number of nitrogens with zero attached hydrogens (tertiary/aromatic N) is 2. The van der Waals surface area contributed by atoms with Gasteiger partial charge in [-0.3, -0.25) is 4.79 Å². The van der Waals surface area contributed by atoms with Crippen LogP contribution in [0.2, 0.25) is 0 Å². The molecule has 1 aromatic carbocycles. The summed E-state index contributed by atoms with van der Waals surface area (Å²) in [6.07, 6.45) is 0.794. The fraction of sp³-hybridized carbons (Fsp3) is 0.529. The van der Waals surface area contributed by atoms with E-state index in [4.69, 9.17) is 5.11 Å². The molecule has 1 aliphatic rings. The Morgan fingerprint density at radius 1 is 1.48 bits per heavy atom. The normalized spacial score (nSPS) is 18.7. The van der Waals surface area contributed by atoms with Crippen molar-refractivity contribution in [1.82, 2.24) is 9.80 Å². The number of benzene rings is 1. The predicted octanol–water partition coefficient (Wildman–Crippen LogP) is 1.90. The van der Waals surface area contributed by atoms with Gasteiger partial charge in [-0.15, -0.1) is 0 Å². The summed E-state index contributed by atoms with van der Waals surface area (Å²) < 4.78 is 0. The molecule has 2 N–H and O–H groups in total. The van der Waals surface area contributed by atoms with Crippen molar-refractivity contribution in [2.24, 2.45) is 5.92 Å². The first-order valence-corrected chi connectivity index (χ1v) is 8.01. The lowest BCUT2D eigenvalue weighted by Gasteiger charge is -2.35. The van der Waals surface area contributed by atoms with Gasteiger partial charge in [0.05, 0.1) is 13.2 Å². The molecule has 0 bridgehead atoms. The second-order valence-corrected chi connectivity index (χ2v) is 6.03. The van der Waals surface area contributed by atoms with E-state index in [1.54, 1.807) is 11.9 Å². The SMILES string of the molecule is CC[C@H](C)[C@H]1C(=O)Nc2ccccc2CN1C(=O)N(C)CCO. The van der Waals surface area contributed by atoms with Crippen LogP contribution < -0.4 is 5.32 Å². The van der Waals surface area contributed by atoms with Gasteiger partial charge in [-0.05, 0) is 17.5 Å². The Hall–Kier alpha value is -2.08. The Bertz CT molecular complexity index is 576. The highest BCUT2D eigenvalue weighted by atomic mass is 16.3. The smallest absolute Gasteiger partial charge is 0.320 e. The van der Waals surface area contributed by atoms with E-state index in [1.165, 1.54) is 4.90 Å². The van der Waals surface area contributed by atoms with Crippen LogP contribution in [0, 0.1) is 5.92 Å². The van der Waals surface area contributed by atoms with Crippen LogP contribution in [-0.4, -0.2) is 53.1 Å². The van der Waals surface area contributed by atoms with Crippen molar-refractivity contribution in [3.05, 3.63) is 29.8 Å². The van der Waals surface area contributed by atoms with E-state index in [-0.39, 0.29) is 31.0 Å². The van der Waals surface area contributed by atoms with Gasteiger partial charge < -0.3 is 20.2 Å². The minimum Gasteiger partial charge on any atom is -0.395 e. The molecule has 0 saturated carbocycles. The summed E-state index contributed by atoms with van der Waals surface area (Å²) in [7, 11) is 1.64. The minimum atomic E-state index is -0.527. The van der Waals surface area contributed by atoms with Crippen molar-refractivity contribution in [2.45, 2.75) is 32.9 Å². The lowest BCUT2D eigenvalue weighted by atomic mass is 9.97. The van der Waals surface area contributed by atoms with E-state index >= 15 is 0 Å². The number of rotatable bonds is 4. The molecule has 126 valence electrons. The molecule has 0 aliphatic carbocycles. The first-order chi connectivity index (χ1) is 11.0. The lowest BCUT2D eigenvalue weighted by Crippen LogP contribution is -2.53. The predicted molar refractivity (Wildman–Crippen MR) is 89.0 cm³/mol. The van der Waals surface area contributed by atoms with E-state index in [2.05, 4.69) is 5.32 Å². The standard InChI is InChI=1S/C17H25N3O3/c1-4-12(2)15-16(22)18-14-8-6-5-7-13(14)11-20(15)17(23)19(3)9-10-21/h5-8,12,15,21H,4,9-11H2,1-3H3,(H,18,22)/t12-,15-/m0/s1. The molecule has 0 fully saturated rings. The maximum Gasteiger partial charge on any atom is 0.320 e. The molecular formula is C17H25N3O3. The number of nitrogens with one attached hydrogen (secondary N) is 1. The molecule has 1 aliphatic heterocycles. The number of likely N-dealkylation sites (N-methyl/N-ethyl adjacent to an activating group) is 1. The van der Waals surface area contributed by atoms with Gasteiger partial charge in [-0.2, -0.15) is 0 Å². The molecule has 0 radical (unpaired) electrons. The van der Waals surface area contributed by atoms with Gasteiger partial charge in [-0.1, -0.05) is 38.5 Å². The molecule has 1 heterocycles. The number of amides is 3. The third-order valence-electron chi connectivity index (χ3n) is 4.41. The number of carbonyl (C=O) groups excluding carboxylic acids is 2. The fourth-order valence-electron chi connectivity index (χ4n) is 2.85. The van der Waals surface area contributed by atoms with Crippen LogP contribution in [0.25, 0.3) is 0 Å². The maximum absolute atomic E-state index is 12.8. The van der Waals surface area contributed by atoms with Crippen LogP contribution in [0.4, 0.5) is 10.5 Å². The van der Waals surface area contributed by atoms with Crippen LogP contribution in [0.15, 0.2) is 24.3 Å². The van der Waals surface area contributed by atoms with Crippen LogP contribution in [0.5, 0.6) is 0 Å². The van der Waals surface area contributed by atoms with E-state index in [9.17, 15) is 9.59 Å². The molecule has 6 nitrogen and oxygen atoms in total. The average Bonchev–Trinajstić information content (AvgIpc) is 2.69. The first-order valence-electron chi connectivity index (χ1n) is 8.01. The largest absolute Gasteiger partial charge is 0.395 e. The number of fused-ring (bicyclic) bond motifs is 1. The number of anilines is 1. The summed E-state index contributed by atoms with van der Waals surface area (Å²) in [4.78, 5) is 28.6. The van der Waals surface area contributed by atoms with Crippen LogP contribution >= 0.6 is 0 Å². The lowest BCUT2D eigenvalue weighted by molar-refractivity contribution is -0.122. The van der Waals surface area contributed by atoms with Crippen molar-refractivity contribution in [2.75, 3.05) is 25.5 Å². The van der Waals surface area contributed by atoms with Crippen LogP contribution in [0.3, 0.4) is 0 Å². The molecule has 1 aromatic rings. The highest BCUT2D eigenvalue weighted by molar-refractivity contribution is 5.98. The Labute approximate surface area is 137 Å². The number of hydrogen-bond acceptors (Lipinski definition) is 3. The number of carbonyl (C=O) groups is 2. The van der Waals surface area contributed by atoms with Crippen molar-refractivity contribution in [1.29, 1.82) is 0 Å². The summed E-state index contributed by atoms with van der Waals surface area (Å²) in [6.45, 7) is 4.50. The number of aliphatic hydroxyl groups is 1. The van der Waals surface area contributed by atoms with Crippen molar-refractivity contribution < 1.29 is 14.7 Å². The maximum atomic E-state index is 12.8. The van der Waals surface area contributed by atoms with Gasteiger partial charge in [0.1, 0.15) is 6.04 Å². The highest BCUT2D eigenvalue weighted by Gasteiger charge is 2.37. The third kappa shape index (κ3) is 3.64. The molecule has 0 aromatic heterocycles. The first kappa shape index (κ1) is 17.3. The van der Waals surface area contributed by atoms with E-state index in [1.807, 2.05) is 38.1 Å². The highest BCUT2D eigenvalue weighted by Crippen LogP contribution is 2.27. The Balaban J connectivity index is 2.39. The van der Waals surface area contributed by atoms with Gasteiger partial charge >= 0.3 is 6.03 Å². The minimum absolute atomic E-state index is 0.0378. The zero-order valence-electron chi connectivity index (χ0n) is 14.0. The van der Waals surface area contributed by atoms with Gasteiger partial charge in [0.2, 0.25) is 5.91 Å². The molecule has 0 saturated heterocycles. The van der Waals surface area contributed by atoms with Crippen LogP contribution in [0.1, 0.15) is 25.8 Å². The fourth-order valence-corrected chi connectivity index (χ4v) is 2.85. The second kappa shape index (κ2) is 7.46. The van der Waals surface area contributed by atoms with E-state index in [0.717, 1.165) is 17.7 Å². The monoisotopic (exact) mass is 319 g/mol. The number of para-hydroxylation sites is 1. The summed E-state index contributed by atoms with van der Waals surface area (Å²) in [5, 5.41) is 12.0. The van der Waals surface area contributed by atoms with Gasteiger partial charge in [0, 0.05) is 19.3 Å². The molecule has 6 heteroatoms. The van der Waals surface area contributed by atoms with Crippen molar-refractivity contribution >= 4 is 17.6 Å². The summed E-state index contributed by atoms with van der Waals surface area (Å²) in [5.74, 6) is -0.120. The van der Waals surface area contributed by atoms with Gasteiger partial charge in [-0.25, -0.2) is 4.79 Å². The number of urea groups is 1. The number of hydrogen-bond donors (Lipinski definition) is 2. The second-order valence-electron chi connectivity index (χ2n) is 6.03. The third-order valence-corrected chi connectivity index (χ3v) is 4.41. The average molecular weight is 319 g/mol. The van der Waals surface area contributed by atoms with Gasteiger partial charge in [0.15, 0.2) is 0 Å². The molecular weight excluding hydrogens is 294 g/mol. The van der Waals surface area contributed by atoms with Crippen molar-refractivity contribution in [3.8, 4) is 0 Å². The summed E-state index contributed by atoms with van der Waals surface area (Å²) in [6, 6.07) is 6.77. The number of aliphatic hydroxyl groups excluding tert-OH is 1.